The number of hydrogen-bond donors (Lipinski definition) is 2. The van der Waals surface area contributed by atoms with Gasteiger partial charge in [-0.25, -0.2) is 4.79 Å². The molecule has 106 valence electrons. The summed E-state index contributed by atoms with van der Waals surface area (Å²) in [4.78, 5) is 22.8. The minimum absolute atomic E-state index is 0.218. The summed E-state index contributed by atoms with van der Waals surface area (Å²) >= 11 is 0. The zero-order valence-corrected chi connectivity index (χ0v) is 11.5. The normalized spacial score (nSPS) is 10.5. The van der Waals surface area contributed by atoms with Crippen molar-refractivity contribution in [3.63, 3.8) is 0 Å². The molecule has 0 aliphatic rings. The summed E-state index contributed by atoms with van der Waals surface area (Å²) < 4.78 is 0. The van der Waals surface area contributed by atoms with Crippen LogP contribution in [0.5, 0.6) is 0 Å². The second-order valence-electron chi connectivity index (χ2n) is 4.57. The maximum absolute atomic E-state index is 12.3. The van der Waals surface area contributed by atoms with Gasteiger partial charge >= 0.3 is 5.97 Å². The number of para-hydroxylation sites is 1. The Morgan fingerprint density at radius 3 is 2.48 bits per heavy atom. The monoisotopic (exact) mass is 281 g/mol. The summed E-state index contributed by atoms with van der Waals surface area (Å²) in [6.07, 6.45) is 2.50. The molecule has 1 amide bonds. The van der Waals surface area contributed by atoms with E-state index in [2.05, 4.69) is 5.32 Å². The molecule has 2 aromatic carbocycles. The predicted octanol–water partition coefficient (Wildman–Crippen LogP) is 3.35. The van der Waals surface area contributed by atoms with Crippen molar-refractivity contribution in [3.8, 4) is 0 Å². The Morgan fingerprint density at radius 2 is 1.81 bits per heavy atom. The van der Waals surface area contributed by atoms with Gasteiger partial charge in [-0.2, -0.15) is 0 Å². The third-order valence-corrected chi connectivity index (χ3v) is 2.96. The zero-order valence-electron chi connectivity index (χ0n) is 11.5. The highest BCUT2D eigenvalue weighted by Crippen LogP contribution is 2.15. The lowest BCUT2D eigenvalue weighted by Crippen LogP contribution is -2.13. The fourth-order valence-electron chi connectivity index (χ4n) is 1.88. The standard InChI is InChI=1S/C17H15NO3/c1-12-7-8-13(9-10-16(19)20)11-15(12)17(21)18-14-5-3-2-4-6-14/h2-11H,1H3,(H,18,21)(H,19,20). The molecule has 21 heavy (non-hydrogen) atoms. The van der Waals surface area contributed by atoms with E-state index in [4.69, 9.17) is 5.11 Å². The van der Waals surface area contributed by atoms with E-state index in [1.807, 2.05) is 25.1 Å². The Balaban J connectivity index is 2.24. The predicted molar refractivity (Wildman–Crippen MR) is 82.2 cm³/mol. The fourth-order valence-corrected chi connectivity index (χ4v) is 1.88. The summed E-state index contributed by atoms with van der Waals surface area (Å²) in [7, 11) is 0. The number of aryl methyl sites for hydroxylation is 1. The Hall–Kier alpha value is -2.88. The number of carboxylic acids is 1. The first-order valence-corrected chi connectivity index (χ1v) is 6.44. The largest absolute Gasteiger partial charge is 0.478 e. The van der Waals surface area contributed by atoms with E-state index >= 15 is 0 Å². The summed E-state index contributed by atoms with van der Waals surface area (Å²) in [5.74, 6) is -1.24. The molecule has 0 aliphatic heterocycles. The molecule has 0 spiro atoms. The van der Waals surface area contributed by atoms with Crippen molar-refractivity contribution in [2.45, 2.75) is 6.92 Å². The molecule has 0 unspecified atom stereocenters. The van der Waals surface area contributed by atoms with Crippen LogP contribution >= 0.6 is 0 Å². The van der Waals surface area contributed by atoms with Gasteiger partial charge in [0.1, 0.15) is 0 Å². The van der Waals surface area contributed by atoms with Crippen molar-refractivity contribution in [1.82, 2.24) is 0 Å². The number of carbonyl (C=O) groups is 2. The van der Waals surface area contributed by atoms with Gasteiger partial charge < -0.3 is 10.4 Å². The van der Waals surface area contributed by atoms with Gasteiger partial charge in [0.05, 0.1) is 0 Å². The Kier molecular flexibility index (Phi) is 4.51. The van der Waals surface area contributed by atoms with Gasteiger partial charge in [0.25, 0.3) is 5.91 Å². The van der Waals surface area contributed by atoms with Crippen LogP contribution in [0, 0.1) is 6.92 Å². The van der Waals surface area contributed by atoms with Crippen LogP contribution < -0.4 is 5.32 Å². The van der Waals surface area contributed by atoms with Crippen molar-refractivity contribution >= 4 is 23.6 Å². The van der Waals surface area contributed by atoms with Gasteiger partial charge in [-0.05, 0) is 42.3 Å². The highest BCUT2D eigenvalue weighted by atomic mass is 16.4. The van der Waals surface area contributed by atoms with Gasteiger partial charge in [0.15, 0.2) is 0 Å². The summed E-state index contributed by atoms with van der Waals surface area (Å²) in [6, 6.07) is 14.4. The molecule has 2 N–H and O–H groups in total. The molecule has 0 saturated heterocycles. The number of nitrogens with one attached hydrogen (secondary N) is 1. The number of rotatable bonds is 4. The van der Waals surface area contributed by atoms with Gasteiger partial charge in [-0.1, -0.05) is 30.3 Å². The number of amides is 1. The number of benzene rings is 2. The van der Waals surface area contributed by atoms with Gasteiger partial charge in [0.2, 0.25) is 0 Å². The van der Waals surface area contributed by atoms with Crippen molar-refractivity contribution < 1.29 is 14.7 Å². The smallest absolute Gasteiger partial charge is 0.328 e. The average Bonchev–Trinajstić information content (AvgIpc) is 2.47. The van der Waals surface area contributed by atoms with Crippen LogP contribution in [0.25, 0.3) is 6.08 Å². The second-order valence-corrected chi connectivity index (χ2v) is 4.57. The molecule has 0 radical (unpaired) electrons. The number of anilines is 1. The maximum atomic E-state index is 12.3. The Labute approximate surface area is 122 Å². The third kappa shape index (κ3) is 4.04. The highest BCUT2D eigenvalue weighted by Gasteiger charge is 2.09. The Bertz CT molecular complexity index is 690. The summed E-state index contributed by atoms with van der Waals surface area (Å²) in [5, 5.41) is 11.4. The Morgan fingerprint density at radius 1 is 1.10 bits per heavy atom. The molecule has 2 rings (SSSR count). The van der Waals surface area contributed by atoms with Crippen LogP contribution in [0.1, 0.15) is 21.5 Å². The molecule has 2 aromatic rings. The number of aliphatic carboxylic acids is 1. The SMILES string of the molecule is Cc1ccc(C=CC(=O)O)cc1C(=O)Nc1ccccc1. The third-order valence-electron chi connectivity index (χ3n) is 2.96. The molecular weight excluding hydrogens is 266 g/mol. The van der Waals surface area contributed by atoms with Crippen molar-refractivity contribution in [2.75, 3.05) is 5.32 Å². The first-order chi connectivity index (χ1) is 10.1. The summed E-state index contributed by atoms with van der Waals surface area (Å²) in [5.41, 5.74) is 2.73. The van der Waals surface area contributed by atoms with E-state index in [1.54, 1.807) is 30.3 Å². The molecule has 0 heterocycles. The van der Waals surface area contributed by atoms with E-state index in [1.165, 1.54) is 6.08 Å². The van der Waals surface area contributed by atoms with Crippen LogP contribution in [0.3, 0.4) is 0 Å². The zero-order chi connectivity index (χ0) is 15.2. The van der Waals surface area contributed by atoms with E-state index < -0.39 is 5.97 Å². The molecule has 4 nitrogen and oxygen atoms in total. The molecule has 0 aliphatic carbocycles. The first kappa shape index (κ1) is 14.5. The van der Waals surface area contributed by atoms with Crippen molar-refractivity contribution in [2.24, 2.45) is 0 Å². The lowest BCUT2D eigenvalue weighted by molar-refractivity contribution is -0.131. The van der Waals surface area contributed by atoms with Crippen molar-refractivity contribution in [3.05, 3.63) is 71.3 Å². The highest BCUT2D eigenvalue weighted by molar-refractivity contribution is 6.05. The average molecular weight is 281 g/mol. The van der Waals surface area contributed by atoms with Gasteiger partial charge in [-0.15, -0.1) is 0 Å². The van der Waals surface area contributed by atoms with Crippen LogP contribution in [-0.4, -0.2) is 17.0 Å². The fraction of sp³-hybridized carbons (Fsp3) is 0.0588. The molecular formula is C17H15NO3. The topological polar surface area (TPSA) is 66.4 Å². The molecule has 0 atom stereocenters. The van der Waals surface area contributed by atoms with E-state index in [0.29, 0.717) is 16.8 Å². The molecule has 4 heteroatoms. The lowest BCUT2D eigenvalue weighted by atomic mass is 10.0. The number of carboxylic acid groups (broad SMARTS) is 1. The van der Waals surface area contributed by atoms with Crippen molar-refractivity contribution in [1.29, 1.82) is 0 Å². The lowest BCUT2D eigenvalue weighted by Gasteiger charge is -2.08. The maximum Gasteiger partial charge on any atom is 0.328 e. The molecule has 0 bridgehead atoms. The minimum Gasteiger partial charge on any atom is -0.478 e. The van der Waals surface area contributed by atoms with E-state index in [0.717, 1.165) is 11.6 Å². The van der Waals surface area contributed by atoms with Crippen LogP contribution in [0.2, 0.25) is 0 Å². The molecule has 0 aromatic heterocycles. The van der Waals surface area contributed by atoms with Gasteiger partial charge in [0, 0.05) is 17.3 Å². The minimum atomic E-state index is -1.02. The first-order valence-electron chi connectivity index (χ1n) is 6.44. The van der Waals surface area contributed by atoms with Gasteiger partial charge in [-0.3, -0.25) is 4.79 Å². The summed E-state index contributed by atoms with van der Waals surface area (Å²) in [6.45, 7) is 1.84. The van der Waals surface area contributed by atoms with E-state index in [9.17, 15) is 9.59 Å². The van der Waals surface area contributed by atoms with Crippen LogP contribution in [-0.2, 0) is 4.79 Å². The van der Waals surface area contributed by atoms with E-state index in [-0.39, 0.29) is 5.91 Å². The molecule has 0 fully saturated rings. The van der Waals surface area contributed by atoms with Crippen LogP contribution in [0.15, 0.2) is 54.6 Å². The molecule has 0 saturated carbocycles. The second kappa shape index (κ2) is 6.52. The number of hydrogen-bond acceptors (Lipinski definition) is 2. The quantitative estimate of drug-likeness (QED) is 0.845. The van der Waals surface area contributed by atoms with Crippen LogP contribution in [0.4, 0.5) is 5.69 Å². The number of carbonyl (C=O) groups excluding carboxylic acids is 1.